The van der Waals surface area contributed by atoms with E-state index in [-0.39, 0.29) is 22.3 Å². The molecule has 2 rings (SSSR count). The topological polar surface area (TPSA) is 47.3 Å². The second-order valence-corrected chi connectivity index (χ2v) is 5.82. The van der Waals surface area contributed by atoms with Crippen LogP contribution in [0.2, 0.25) is 0 Å². The summed E-state index contributed by atoms with van der Waals surface area (Å²) in [6.45, 7) is 0. The van der Waals surface area contributed by atoms with Gasteiger partial charge in [0, 0.05) is 17.8 Å². The van der Waals surface area contributed by atoms with Crippen LogP contribution in [0.5, 0.6) is 5.75 Å². The highest BCUT2D eigenvalue weighted by Gasteiger charge is 2.32. The van der Waals surface area contributed by atoms with Crippen LogP contribution in [0.1, 0.15) is 25.7 Å². The molecule has 0 radical (unpaired) electrons. The predicted molar refractivity (Wildman–Crippen MR) is 74.7 cm³/mol. The van der Waals surface area contributed by atoms with Gasteiger partial charge in [-0.3, -0.25) is 0 Å². The van der Waals surface area contributed by atoms with E-state index < -0.39 is 6.36 Å². The molecule has 2 unspecified atom stereocenters. The molecule has 1 aromatic rings. The fourth-order valence-corrected chi connectivity index (χ4v) is 2.85. The van der Waals surface area contributed by atoms with Crippen LogP contribution in [0.15, 0.2) is 22.7 Å². The Morgan fingerprint density at radius 1 is 1.30 bits per heavy atom. The number of ether oxygens (including phenoxy) is 1. The fraction of sp³-hybridized carbons (Fsp3) is 0.538. The average molecular weight is 353 g/mol. The Hall–Kier alpha value is -0.950. The lowest BCUT2D eigenvalue weighted by atomic mass is 9.91. The van der Waals surface area contributed by atoms with Crippen molar-refractivity contribution >= 4 is 21.6 Å². The van der Waals surface area contributed by atoms with Gasteiger partial charge in [0.25, 0.3) is 0 Å². The molecular formula is C13H16BrF3N2O. The third kappa shape index (κ3) is 4.56. The van der Waals surface area contributed by atoms with Crippen molar-refractivity contribution in [1.82, 2.24) is 0 Å². The molecule has 1 saturated carbocycles. The average Bonchev–Trinajstić information content (AvgIpc) is 2.31. The van der Waals surface area contributed by atoms with Crippen molar-refractivity contribution in [2.75, 3.05) is 5.32 Å². The van der Waals surface area contributed by atoms with Gasteiger partial charge in [0.1, 0.15) is 5.75 Å². The monoisotopic (exact) mass is 352 g/mol. The largest absolute Gasteiger partial charge is 0.573 e. The molecule has 1 aromatic carbocycles. The number of halogens is 4. The van der Waals surface area contributed by atoms with Gasteiger partial charge in [0.15, 0.2) is 0 Å². The predicted octanol–water partition coefficient (Wildman–Crippen LogP) is 4.03. The van der Waals surface area contributed by atoms with Gasteiger partial charge in [-0.15, -0.1) is 13.2 Å². The van der Waals surface area contributed by atoms with Crippen LogP contribution in [-0.2, 0) is 0 Å². The quantitative estimate of drug-likeness (QED) is 0.863. The van der Waals surface area contributed by atoms with Gasteiger partial charge in [-0.1, -0.05) is 0 Å². The molecule has 1 fully saturated rings. The molecule has 0 heterocycles. The van der Waals surface area contributed by atoms with E-state index in [1.165, 1.54) is 6.07 Å². The van der Waals surface area contributed by atoms with Gasteiger partial charge in [-0.25, -0.2) is 0 Å². The summed E-state index contributed by atoms with van der Waals surface area (Å²) < 4.78 is 40.7. The van der Waals surface area contributed by atoms with E-state index in [1.54, 1.807) is 12.1 Å². The first-order chi connectivity index (χ1) is 9.33. The Kier molecular flexibility index (Phi) is 4.80. The molecule has 3 N–H and O–H groups in total. The van der Waals surface area contributed by atoms with Crippen molar-refractivity contribution in [2.24, 2.45) is 5.73 Å². The van der Waals surface area contributed by atoms with E-state index in [4.69, 9.17) is 5.73 Å². The molecule has 7 heteroatoms. The van der Waals surface area contributed by atoms with Crippen molar-refractivity contribution in [3.8, 4) is 5.75 Å². The zero-order valence-electron chi connectivity index (χ0n) is 10.7. The van der Waals surface area contributed by atoms with Crippen molar-refractivity contribution in [3.05, 3.63) is 22.7 Å². The van der Waals surface area contributed by atoms with Crippen LogP contribution >= 0.6 is 15.9 Å². The van der Waals surface area contributed by atoms with Gasteiger partial charge in [-0.05, 0) is 59.8 Å². The lowest BCUT2D eigenvalue weighted by Gasteiger charge is -2.28. The van der Waals surface area contributed by atoms with Gasteiger partial charge in [-0.2, -0.15) is 0 Å². The maximum Gasteiger partial charge on any atom is 0.573 e. The Bertz CT molecular complexity index is 467. The SMILES string of the molecule is NC1CCCC(Nc2ccc(OC(F)(F)F)c(Br)c2)C1. The Morgan fingerprint density at radius 3 is 2.65 bits per heavy atom. The minimum Gasteiger partial charge on any atom is -0.405 e. The lowest BCUT2D eigenvalue weighted by Crippen LogP contribution is -2.34. The van der Waals surface area contributed by atoms with Crippen LogP contribution in [0.25, 0.3) is 0 Å². The molecule has 2 atom stereocenters. The van der Waals surface area contributed by atoms with Crippen LogP contribution in [0.4, 0.5) is 18.9 Å². The first-order valence-electron chi connectivity index (χ1n) is 6.41. The van der Waals surface area contributed by atoms with E-state index in [2.05, 4.69) is 26.0 Å². The van der Waals surface area contributed by atoms with Crippen LogP contribution in [0, 0.1) is 0 Å². The molecule has 0 amide bonds. The normalized spacial score (nSPS) is 23.4. The maximum atomic E-state index is 12.2. The molecule has 20 heavy (non-hydrogen) atoms. The van der Waals surface area contributed by atoms with Crippen LogP contribution in [-0.4, -0.2) is 18.4 Å². The lowest BCUT2D eigenvalue weighted by molar-refractivity contribution is -0.274. The highest BCUT2D eigenvalue weighted by Crippen LogP contribution is 2.33. The molecule has 0 aliphatic heterocycles. The molecule has 112 valence electrons. The number of hydrogen-bond acceptors (Lipinski definition) is 3. The molecule has 0 aromatic heterocycles. The summed E-state index contributed by atoms with van der Waals surface area (Å²) in [5, 5.41) is 3.30. The number of nitrogens with two attached hydrogens (primary N) is 1. The van der Waals surface area contributed by atoms with Crippen LogP contribution < -0.4 is 15.8 Å². The van der Waals surface area contributed by atoms with Crippen molar-refractivity contribution in [1.29, 1.82) is 0 Å². The van der Waals surface area contributed by atoms with Gasteiger partial charge >= 0.3 is 6.36 Å². The van der Waals surface area contributed by atoms with Crippen molar-refractivity contribution in [2.45, 2.75) is 44.1 Å². The second-order valence-electron chi connectivity index (χ2n) is 4.96. The zero-order chi connectivity index (χ0) is 14.8. The maximum absolute atomic E-state index is 12.2. The summed E-state index contributed by atoms with van der Waals surface area (Å²) >= 11 is 3.09. The van der Waals surface area contributed by atoms with Gasteiger partial charge in [0.05, 0.1) is 4.47 Å². The molecule has 1 aliphatic carbocycles. The van der Waals surface area contributed by atoms with Crippen molar-refractivity contribution in [3.63, 3.8) is 0 Å². The van der Waals surface area contributed by atoms with E-state index in [1.807, 2.05) is 0 Å². The standard InChI is InChI=1S/C13H16BrF3N2O/c14-11-7-10(4-5-12(11)20-13(15,16)17)19-9-3-1-2-8(18)6-9/h4-5,7-9,19H,1-3,6,18H2. The minimum atomic E-state index is -4.69. The molecule has 0 bridgehead atoms. The fourth-order valence-electron chi connectivity index (χ4n) is 2.39. The number of hydrogen-bond donors (Lipinski definition) is 2. The zero-order valence-corrected chi connectivity index (χ0v) is 12.3. The number of alkyl halides is 3. The first-order valence-corrected chi connectivity index (χ1v) is 7.20. The molecule has 3 nitrogen and oxygen atoms in total. The summed E-state index contributed by atoms with van der Waals surface area (Å²) in [7, 11) is 0. The Labute approximate surface area is 123 Å². The van der Waals surface area contributed by atoms with Gasteiger partial charge in [0.2, 0.25) is 0 Å². The third-order valence-electron chi connectivity index (χ3n) is 3.24. The number of rotatable bonds is 3. The molecule has 0 saturated heterocycles. The summed E-state index contributed by atoms with van der Waals surface area (Å²) in [5.74, 6) is -0.247. The summed E-state index contributed by atoms with van der Waals surface area (Å²) in [6.07, 6.45) is -0.701. The molecule has 1 aliphatic rings. The first kappa shape index (κ1) is 15.4. The highest BCUT2D eigenvalue weighted by molar-refractivity contribution is 9.10. The summed E-state index contributed by atoms with van der Waals surface area (Å²) in [4.78, 5) is 0. The minimum absolute atomic E-state index is 0.192. The van der Waals surface area contributed by atoms with E-state index in [0.717, 1.165) is 31.4 Å². The third-order valence-corrected chi connectivity index (χ3v) is 3.86. The van der Waals surface area contributed by atoms with E-state index in [0.29, 0.717) is 0 Å². The number of anilines is 1. The van der Waals surface area contributed by atoms with E-state index in [9.17, 15) is 13.2 Å². The summed E-state index contributed by atoms with van der Waals surface area (Å²) in [5.41, 5.74) is 6.66. The smallest absolute Gasteiger partial charge is 0.405 e. The molecular weight excluding hydrogens is 337 g/mol. The Morgan fingerprint density at radius 2 is 2.05 bits per heavy atom. The number of benzene rings is 1. The van der Waals surface area contributed by atoms with E-state index >= 15 is 0 Å². The Balaban J connectivity index is 2.01. The molecule has 0 spiro atoms. The second kappa shape index (κ2) is 6.22. The highest BCUT2D eigenvalue weighted by atomic mass is 79.9. The van der Waals surface area contributed by atoms with Crippen LogP contribution in [0.3, 0.4) is 0 Å². The number of nitrogens with one attached hydrogen (secondary N) is 1. The van der Waals surface area contributed by atoms with Gasteiger partial charge < -0.3 is 15.8 Å². The van der Waals surface area contributed by atoms with Crippen molar-refractivity contribution < 1.29 is 17.9 Å². The summed E-state index contributed by atoms with van der Waals surface area (Å²) in [6, 6.07) is 4.91.